The molecule has 0 aromatic heterocycles. The van der Waals surface area contributed by atoms with Crippen molar-refractivity contribution in [3.63, 3.8) is 0 Å². The molecule has 13 heavy (non-hydrogen) atoms. The maximum Gasteiger partial charge on any atom is 0.0593 e. The first kappa shape index (κ1) is 11.3. The fourth-order valence-corrected chi connectivity index (χ4v) is 1.63. The van der Waals surface area contributed by atoms with Gasteiger partial charge in [0.2, 0.25) is 0 Å². The number of ether oxygens (including phenoxy) is 1. The molecule has 1 heterocycles. The summed E-state index contributed by atoms with van der Waals surface area (Å²) in [5.41, 5.74) is 0. The molecule has 0 atom stereocenters. The zero-order valence-electron chi connectivity index (χ0n) is 7.98. The fraction of sp³-hybridized carbons (Fsp3) is 1.00. The Balaban J connectivity index is 1.96. The van der Waals surface area contributed by atoms with Crippen LogP contribution in [0.2, 0.25) is 0 Å². The van der Waals surface area contributed by atoms with Gasteiger partial charge in [-0.05, 0) is 12.8 Å². The zero-order valence-corrected chi connectivity index (χ0v) is 8.88. The highest BCUT2D eigenvalue weighted by molar-refractivity contribution is 7.80. The number of hydrogen-bond acceptors (Lipinski definition) is 4. The van der Waals surface area contributed by atoms with Gasteiger partial charge in [0.25, 0.3) is 0 Å². The van der Waals surface area contributed by atoms with Gasteiger partial charge >= 0.3 is 0 Å². The van der Waals surface area contributed by atoms with Gasteiger partial charge in [-0.3, -0.25) is 0 Å². The van der Waals surface area contributed by atoms with E-state index < -0.39 is 0 Å². The van der Waals surface area contributed by atoms with Crippen molar-refractivity contribution in [3.8, 4) is 0 Å². The van der Waals surface area contributed by atoms with E-state index >= 15 is 0 Å². The van der Waals surface area contributed by atoms with Crippen LogP contribution in [0.1, 0.15) is 12.8 Å². The van der Waals surface area contributed by atoms with E-state index in [-0.39, 0.29) is 6.10 Å². The van der Waals surface area contributed by atoms with Crippen molar-refractivity contribution in [1.29, 1.82) is 0 Å². The lowest BCUT2D eigenvalue weighted by atomic mass is 10.1. The van der Waals surface area contributed by atoms with E-state index in [1.165, 1.54) is 0 Å². The summed E-state index contributed by atoms with van der Waals surface area (Å²) in [4.78, 5) is 2.34. The average Bonchev–Trinajstić information content (AvgIpc) is 2.15. The third kappa shape index (κ3) is 4.86. The van der Waals surface area contributed by atoms with Crippen LogP contribution in [-0.2, 0) is 4.74 Å². The minimum Gasteiger partial charge on any atom is -0.393 e. The monoisotopic (exact) mass is 205 g/mol. The Morgan fingerprint density at radius 3 is 2.62 bits per heavy atom. The number of hydrogen-bond donors (Lipinski definition) is 2. The standard InChI is InChI=1S/C9H19NO2S/c11-9-1-3-10(4-2-9)5-6-12-7-8-13/h9,11,13H,1-8H2. The normalized spacial score (nSPS) is 20.8. The van der Waals surface area contributed by atoms with Gasteiger partial charge in [-0.1, -0.05) is 0 Å². The molecule has 1 N–H and O–H groups in total. The largest absolute Gasteiger partial charge is 0.393 e. The number of aliphatic hydroxyl groups excluding tert-OH is 1. The Bertz CT molecular complexity index is 127. The molecule has 0 aromatic carbocycles. The first-order valence-electron chi connectivity index (χ1n) is 4.92. The number of rotatable bonds is 5. The summed E-state index contributed by atoms with van der Waals surface area (Å²) in [6.45, 7) is 4.52. The molecule has 0 aromatic rings. The number of thiol groups is 1. The molecule has 0 radical (unpaired) electrons. The van der Waals surface area contributed by atoms with Crippen molar-refractivity contribution in [3.05, 3.63) is 0 Å². The molecular formula is C9H19NO2S. The lowest BCUT2D eigenvalue weighted by Gasteiger charge is -2.29. The molecule has 1 saturated heterocycles. The minimum absolute atomic E-state index is 0.0744. The third-order valence-electron chi connectivity index (χ3n) is 2.34. The summed E-state index contributed by atoms with van der Waals surface area (Å²) in [7, 11) is 0. The van der Waals surface area contributed by atoms with Gasteiger partial charge in [0.05, 0.1) is 19.3 Å². The summed E-state index contributed by atoms with van der Waals surface area (Å²) in [5, 5.41) is 9.27. The van der Waals surface area contributed by atoms with Crippen LogP contribution >= 0.6 is 12.6 Å². The first-order chi connectivity index (χ1) is 6.33. The molecular weight excluding hydrogens is 186 g/mol. The van der Waals surface area contributed by atoms with Crippen LogP contribution in [0.15, 0.2) is 0 Å². The molecule has 0 saturated carbocycles. The van der Waals surface area contributed by atoms with Gasteiger partial charge in [0, 0.05) is 25.4 Å². The van der Waals surface area contributed by atoms with Crippen LogP contribution in [0.25, 0.3) is 0 Å². The number of nitrogens with zero attached hydrogens (tertiary/aromatic N) is 1. The van der Waals surface area contributed by atoms with Crippen LogP contribution in [0.3, 0.4) is 0 Å². The number of likely N-dealkylation sites (tertiary alicyclic amines) is 1. The van der Waals surface area contributed by atoms with Gasteiger partial charge in [0.15, 0.2) is 0 Å². The molecule has 0 aliphatic carbocycles. The summed E-state index contributed by atoms with van der Waals surface area (Å²) in [6.07, 6.45) is 1.74. The van der Waals surface area contributed by atoms with Crippen molar-refractivity contribution in [2.24, 2.45) is 0 Å². The highest BCUT2D eigenvalue weighted by atomic mass is 32.1. The van der Waals surface area contributed by atoms with Crippen LogP contribution in [0.4, 0.5) is 0 Å². The van der Waals surface area contributed by atoms with Gasteiger partial charge in [0.1, 0.15) is 0 Å². The van der Waals surface area contributed by atoms with Crippen molar-refractivity contribution < 1.29 is 9.84 Å². The van der Waals surface area contributed by atoms with E-state index in [1.54, 1.807) is 0 Å². The van der Waals surface area contributed by atoms with Crippen LogP contribution in [-0.4, -0.2) is 54.7 Å². The Kier molecular flexibility index (Phi) is 5.78. The maximum absolute atomic E-state index is 9.27. The molecule has 78 valence electrons. The molecule has 1 aliphatic rings. The summed E-state index contributed by atoms with van der Waals surface area (Å²) < 4.78 is 5.33. The highest BCUT2D eigenvalue weighted by Crippen LogP contribution is 2.08. The Labute approximate surface area is 85.5 Å². The second-order valence-electron chi connectivity index (χ2n) is 3.41. The average molecular weight is 205 g/mol. The van der Waals surface area contributed by atoms with Crippen molar-refractivity contribution >= 4 is 12.6 Å². The molecule has 4 heteroatoms. The van der Waals surface area contributed by atoms with Crippen molar-refractivity contribution in [1.82, 2.24) is 4.90 Å². The molecule has 0 bridgehead atoms. The van der Waals surface area contributed by atoms with E-state index in [2.05, 4.69) is 17.5 Å². The van der Waals surface area contributed by atoms with Crippen LogP contribution in [0.5, 0.6) is 0 Å². The first-order valence-corrected chi connectivity index (χ1v) is 5.55. The van der Waals surface area contributed by atoms with E-state index in [4.69, 9.17) is 4.74 Å². The highest BCUT2D eigenvalue weighted by Gasteiger charge is 2.15. The van der Waals surface area contributed by atoms with Gasteiger partial charge in [-0.25, -0.2) is 0 Å². The Hall–Kier alpha value is 0.230. The summed E-state index contributed by atoms with van der Waals surface area (Å²) in [6, 6.07) is 0. The zero-order chi connectivity index (χ0) is 9.52. The van der Waals surface area contributed by atoms with E-state index in [9.17, 15) is 5.11 Å². The molecule has 1 fully saturated rings. The molecule has 0 amide bonds. The predicted octanol–water partition coefficient (Wildman–Crippen LogP) is 0.389. The van der Waals surface area contributed by atoms with E-state index in [0.29, 0.717) is 0 Å². The molecule has 0 unspecified atom stereocenters. The SMILES string of the molecule is OC1CCN(CCOCCS)CC1. The molecule has 1 rings (SSSR count). The van der Waals surface area contributed by atoms with Crippen molar-refractivity contribution in [2.75, 3.05) is 38.6 Å². The second kappa shape index (κ2) is 6.65. The second-order valence-corrected chi connectivity index (χ2v) is 3.86. The molecule has 3 nitrogen and oxygen atoms in total. The lowest BCUT2D eigenvalue weighted by molar-refractivity contribution is 0.0591. The Morgan fingerprint density at radius 1 is 1.31 bits per heavy atom. The van der Waals surface area contributed by atoms with E-state index in [0.717, 1.165) is 51.4 Å². The molecule has 1 aliphatic heterocycles. The quantitative estimate of drug-likeness (QED) is 0.503. The smallest absolute Gasteiger partial charge is 0.0593 e. The van der Waals surface area contributed by atoms with Gasteiger partial charge in [-0.2, -0.15) is 12.6 Å². The van der Waals surface area contributed by atoms with Crippen LogP contribution < -0.4 is 0 Å². The van der Waals surface area contributed by atoms with Gasteiger partial charge in [-0.15, -0.1) is 0 Å². The summed E-state index contributed by atoms with van der Waals surface area (Å²) in [5.74, 6) is 0.790. The predicted molar refractivity (Wildman–Crippen MR) is 56.4 cm³/mol. The maximum atomic E-state index is 9.27. The van der Waals surface area contributed by atoms with Crippen molar-refractivity contribution in [2.45, 2.75) is 18.9 Å². The topological polar surface area (TPSA) is 32.7 Å². The minimum atomic E-state index is -0.0744. The number of piperidine rings is 1. The molecule has 0 spiro atoms. The fourth-order valence-electron chi connectivity index (χ4n) is 1.50. The summed E-state index contributed by atoms with van der Waals surface area (Å²) >= 11 is 4.06. The number of aliphatic hydroxyl groups is 1. The lowest BCUT2D eigenvalue weighted by Crippen LogP contribution is -2.37. The third-order valence-corrected chi connectivity index (χ3v) is 2.53. The Morgan fingerprint density at radius 2 is 2.00 bits per heavy atom. The van der Waals surface area contributed by atoms with Gasteiger partial charge < -0.3 is 14.7 Å². The van der Waals surface area contributed by atoms with E-state index in [1.807, 2.05) is 0 Å². The van der Waals surface area contributed by atoms with Crippen LogP contribution in [0, 0.1) is 0 Å².